The summed E-state index contributed by atoms with van der Waals surface area (Å²) in [4.78, 5) is 17.9. The molecule has 7 heteroatoms. The van der Waals surface area contributed by atoms with Crippen molar-refractivity contribution in [1.82, 2.24) is 15.0 Å². The van der Waals surface area contributed by atoms with Gasteiger partial charge in [0.05, 0.1) is 5.52 Å². The molecule has 5 saturated carbocycles. The van der Waals surface area contributed by atoms with Crippen LogP contribution >= 0.6 is 0 Å². The smallest absolute Gasteiger partial charge is 0.243 e. The Hall–Kier alpha value is -1.99. The van der Waals surface area contributed by atoms with Crippen molar-refractivity contribution in [2.45, 2.75) is 67.8 Å². The van der Waals surface area contributed by atoms with Crippen LogP contribution in [0.5, 0.6) is 0 Å². The molecule has 1 aromatic heterocycles. The summed E-state index contributed by atoms with van der Waals surface area (Å²) in [6, 6.07) is 8.99. The predicted octanol–water partition coefficient (Wildman–Crippen LogP) is 3.38. The van der Waals surface area contributed by atoms with Gasteiger partial charge in [0.15, 0.2) is 0 Å². The molecule has 1 amide bonds. The van der Waals surface area contributed by atoms with E-state index >= 15 is 0 Å². The lowest BCUT2D eigenvalue weighted by molar-refractivity contribution is -0.134. The van der Waals surface area contributed by atoms with Gasteiger partial charge in [0.1, 0.15) is 10.4 Å². The SMILES string of the molecule is O=C(NC1C2CC3CC(C2)CC1C3)C1(NS(=O)(=O)c2cccc3cccnc23)CCC1. The number of rotatable bonds is 5. The van der Waals surface area contributed by atoms with Crippen LogP contribution in [-0.2, 0) is 14.8 Å². The van der Waals surface area contributed by atoms with Crippen molar-refractivity contribution >= 4 is 26.8 Å². The number of sulfonamides is 1. The molecule has 0 saturated heterocycles. The maximum atomic E-state index is 13.5. The van der Waals surface area contributed by atoms with Crippen LogP contribution in [0.4, 0.5) is 0 Å². The molecule has 0 spiro atoms. The zero-order valence-corrected chi connectivity index (χ0v) is 18.4. The van der Waals surface area contributed by atoms with Crippen molar-refractivity contribution in [1.29, 1.82) is 0 Å². The Balaban J connectivity index is 1.25. The van der Waals surface area contributed by atoms with Gasteiger partial charge in [-0.05, 0) is 87.2 Å². The highest BCUT2D eigenvalue weighted by Crippen LogP contribution is 2.54. The molecule has 0 atom stereocenters. The van der Waals surface area contributed by atoms with Crippen molar-refractivity contribution in [2.24, 2.45) is 23.7 Å². The first-order chi connectivity index (χ1) is 14.9. The number of carbonyl (C=O) groups is 1. The summed E-state index contributed by atoms with van der Waals surface area (Å²) in [5.41, 5.74) is -0.599. The highest BCUT2D eigenvalue weighted by Gasteiger charge is 2.52. The molecule has 5 fully saturated rings. The standard InChI is InChI=1S/C24H29N3O3S/c28-23(26-21-18-11-15-10-16(13-18)14-19(21)12-15)24(7-3-8-24)27-31(29,30)20-6-1-4-17-5-2-9-25-22(17)20/h1-2,4-6,9,15-16,18-19,21,27H,3,7-8,10-14H2,(H,26,28). The van der Waals surface area contributed by atoms with E-state index in [0.29, 0.717) is 30.2 Å². The van der Waals surface area contributed by atoms with Crippen LogP contribution in [0.1, 0.15) is 51.4 Å². The average Bonchev–Trinajstić information content (AvgIpc) is 2.72. The molecule has 7 rings (SSSR count). The molecule has 31 heavy (non-hydrogen) atoms. The number of amides is 1. The minimum Gasteiger partial charge on any atom is -0.351 e. The van der Waals surface area contributed by atoms with Gasteiger partial charge in [-0.25, -0.2) is 8.42 Å². The number of hydrogen-bond donors (Lipinski definition) is 2. The van der Waals surface area contributed by atoms with E-state index < -0.39 is 15.6 Å². The van der Waals surface area contributed by atoms with Crippen molar-refractivity contribution < 1.29 is 13.2 Å². The van der Waals surface area contributed by atoms with Gasteiger partial charge >= 0.3 is 0 Å². The Bertz CT molecular complexity index is 1110. The molecule has 2 N–H and O–H groups in total. The molecule has 0 aliphatic heterocycles. The van der Waals surface area contributed by atoms with Crippen LogP contribution in [0.15, 0.2) is 41.4 Å². The Labute approximate surface area is 183 Å². The Morgan fingerprint density at radius 2 is 1.65 bits per heavy atom. The zero-order chi connectivity index (χ0) is 21.2. The number of nitrogens with zero attached hydrogens (tertiary/aromatic N) is 1. The number of aromatic nitrogens is 1. The highest BCUT2D eigenvalue weighted by atomic mass is 32.2. The molecule has 0 unspecified atom stereocenters. The molecule has 164 valence electrons. The first kappa shape index (κ1) is 19.7. The molecular formula is C24H29N3O3S. The molecule has 4 bridgehead atoms. The van der Waals surface area contributed by atoms with Crippen LogP contribution in [0.3, 0.4) is 0 Å². The van der Waals surface area contributed by atoms with Gasteiger partial charge in [0, 0.05) is 17.6 Å². The lowest BCUT2D eigenvalue weighted by atomic mass is 9.54. The van der Waals surface area contributed by atoms with E-state index in [1.54, 1.807) is 24.4 Å². The number of nitrogens with one attached hydrogen (secondary N) is 2. The van der Waals surface area contributed by atoms with E-state index in [-0.39, 0.29) is 16.8 Å². The third-order valence-corrected chi connectivity index (χ3v) is 9.95. The fourth-order valence-electron chi connectivity index (χ4n) is 6.96. The van der Waals surface area contributed by atoms with E-state index in [1.807, 2.05) is 12.1 Å². The van der Waals surface area contributed by atoms with Gasteiger partial charge in [0.2, 0.25) is 15.9 Å². The molecular weight excluding hydrogens is 410 g/mol. The van der Waals surface area contributed by atoms with Crippen LogP contribution in [-0.4, -0.2) is 30.9 Å². The van der Waals surface area contributed by atoms with Crippen molar-refractivity contribution in [2.75, 3.05) is 0 Å². The fourth-order valence-corrected chi connectivity index (χ4v) is 8.57. The maximum absolute atomic E-state index is 13.5. The quantitative estimate of drug-likeness (QED) is 0.748. The summed E-state index contributed by atoms with van der Waals surface area (Å²) in [7, 11) is -3.88. The van der Waals surface area contributed by atoms with Crippen molar-refractivity contribution in [3.63, 3.8) is 0 Å². The van der Waals surface area contributed by atoms with Gasteiger partial charge in [-0.3, -0.25) is 9.78 Å². The highest BCUT2D eigenvalue weighted by molar-refractivity contribution is 7.89. The lowest BCUT2D eigenvalue weighted by Crippen LogP contribution is -2.66. The maximum Gasteiger partial charge on any atom is 0.243 e. The third-order valence-electron chi connectivity index (χ3n) is 8.38. The van der Waals surface area contributed by atoms with Crippen molar-refractivity contribution in [3.05, 3.63) is 36.5 Å². The summed E-state index contributed by atoms with van der Waals surface area (Å²) in [6.45, 7) is 0. The van der Waals surface area contributed by atoms with Crippen LogP contribution in [0.2, 0.25) is 0 Å². The number of carbonyl (C=O) groups excluding carboxylic acids is 1. The van der Waals surface area contributed by atoms with Gasteiger partial charge < -0.3 is 5.32 Å². The van der Waals surface area contributed by atoms with E-state index in [4.69, 9.17) is 0 Å². The first-order valence-electron chi connectivity index (χ1n) is 11.6. The summed E-state index contributed by atoms with van der Waals surface area (Å²) >= 11 is 0. The molecule has 2 aromatic rings. The first-order valence-corrected chi connectivity index (χ1v) is 13.1. The average molecular weight is 440 g/mol. The number of benzene rings is 1. The Morgan fingerprint density at radius 1 is 0.968 bits per heavy atom. The topological polar surface area (TPSA) is 88.2 Å². The van der Waals surface area contributed by atoms with E-state index in [1.165, 1.54) is 32.1 Å². The number of hydrogen-bond acceptors (Lipinski definition) is 4. The van der Waals surface area contributed by atoms with Gasteiger partial charge in [-0.15, -0.1) is 0 Å². The Morgan fingerprint density at radius 3 is 2.29 bits per heavy atom. The molecule has 5 aliphatic carbocycles. The number of fused-ring (bicyclic) bond motifs is 1. The van der Waals surface area contributed by atoms with E-state index in [2.05, 4.69) is 15.0 Å². The second-order valence-corrected chi connectivity index (χ2v) is 12.0. The summed E-state index contributed by atoms with van der Waals surface area (Å²) < 4.78 is 29.5. The molecule has 6 nitrogen and oxygen atoms in total. The molecule has 1 heterocycles. The van der Waals surface area contributed by atoms with Gasteiger partial charge in [-0.2, -0.15) is 4.72 Å². The lowest BCUT2D eigenvalue weighted by Gasteiger charge is -2.55. The van der Waals surface area contributed by atoms with E-state index in [0.717, 1.165) is 23.6 Å². The third kappa shape index (κ3) is 3.20. The predicted molar refractivity (Wildman–Crippen MR) is 118 cm³/mol. The minimum absolute atomic E-state index is 0.131. The molecule has 1 aromatic carbocycles. The van der Waals surface area contributed by atoms with Crippen LogP contribution < -0.4 is 10.0 Å². The van der Waals surface area contributed by atoms with Crippen molar-refractivity contribution in [3.8, 4) is 0 Å². The summed E-state index contributed by atoms with van der Waals surface area (Å²) in [5, 5.41) is 4.10. The molecule has 5 aliphatic rings. The summed E-state index contributed by atoms with van der Waals surface area (Å²) in [6.07, 6.45) is 9.79. The van der Waals surface area contributed by atoms with Crippen LogP contribution in [0, 0.1) is 23.7 Å². The van der Waals surface area contributed by atoms with Gasteiger partial charge in [-0.1, -0.05) is 18.2 Å². The van der Waals surface area contributed by atoms with Gasteiger partial charge in [0.25, 0.3) is 0 Å². The second-order valence-electron chi connectivity index (χ2n) is 10.3. The van der Waals surface area contributed by atoms with Crippen LogP contribution in [0.25, 0.3) is 10.9 Å². The fraction of sp³-hybridized carbons (Fsp3) is 0.583. The largest absolute Gasteiger partial charge is 0.351 e. The zero-order valence-electron chi connectivity index (χ0n) is 17.6. The normalized spacial score (nSPS) is 33.2. The minimum atomic E-state index is -3.88. The summed E-state index contributed by atoms with van der Waals surface area (Å²) in [5.74, 6) is 2.68. The monoisotopic (exact) mass is 439 g/mol. The van der Waals surface area contributed by atoms with E-state index in [9.17, 15) is 13.2 Å². The number of pyridine rings is 1. The second kappa shape index (κ2) is 7.01. The molecule has 0 radical (unpaired) electrons. The Kier molecular flexibility index (Phi) is 4.45. The number of para-hydroxylation sites is 1.